The molecule has 0 bridgehead atoms. The average Bonchev–Trinajstić information content (AvgIpc) is 2.67. The number of aliphatic hydroxyl groups excluding tert-OH is 1. The van der Waals surface area contributed by atoms with Gasteiger partial charge >= 0.3 is 0 Å². The zero-order valence-electron chi connectivity index (χ0n) is 6.33. The molecule has 3 nitrogen and oxygen atoms in total. The fourth-order valence-corrected chi connectivity index (χ4v) is 2.80. The maximum Gasteiger partial charge on any atom is 0.238 e. The zero-order chi connectivity index (χ0) is 9.41. The highest BCUT2D eigenvalue weighted by molar-refractivity contribution is 8.15. The first-order chi connectivity index (χ1) is 5.41. The van der Waals surface area contributed by atoms with E-state index in [0.717, 1.165) is 0 Å². The minimum Gasteiger partial charge on any atom is -0.390 e. The van der Waals surface area contributed by atoms with Gasteiger partial charge in [0.25, 0.3) is 0 Å². The Morgan fingerprint density at radius 3 is 2.33 bits per heavy atom. The van der Waals surface area contributed by atoms with Crippen LogP contribution in [0.3, 0.4) is 0 Å². The highest BCUT2D eigenvalue weighted by Crippen LogP contribution is 2.49. The average molecular weight is 217 g/mol. The van der Waals surface area contributed by atoms with Gasteiger partial charge in [-0.2, -0.15) is 0 Å². The number of hydrogen-bond acceptors (Lipinski definition) is 3. The second-order valence-electron chi connectivity index (χ2n) is 3.13. The molecule has 0 spiro atoms. The van der Waals surface area contributed by atoms with Gasteiger partial charge in [-0.15, -0.1) is 0 Å². The van der Waals surface area contributed by atoms with Gasteiger partial charge in [0.15, 0.2) is 0 Å². The molecule has 0 aromatic carbocycles. The quantitative estimate of drug-likeness (QED) is 0.708. The van der Waals surface area contributed by atoms with Crippen LogP contribution in [0.5, 0.6) is 0 Å². The zero-order valence-corrected chi connectivity index (χ0v) is 7.91. The summed E-state index contributed by atoms with van der Waals surface area (Å²) in [5, 5.41) is 8.90. The van der Waals surface area contributed by atoms with Gasteiger partial charge in [-0.1, -0.05) is 0 Å². The van der Waals surface area contributed by atoms with Crippen molar-refractivity contribution in [2.24, 2.45) is 0 Å². The molecule has 0 aliphatic heterocycles. The maximum atomic E-state index is 11.8. The van der Waals surface area contributed by atoms with Crippen molar-refractivity contribution >= 4 is 19.7 Å². The molecule has 0 heterocycles. The van der Waals surface area contributed by atoms with Crippen molar-refractivity contribution in [1.82, 2.24) is 0 Å². The number of alkyl halides is 1. The summed E-state index contributed by atoms with van der Waals surface area (Å²) < 4.78 is 32.6. The van der Waals surface area contributed by atoms with Crippen molar-refractivity contribution in [1.29, 1.82) is 0 Å². The van der Waals surface area contributed by atoms with Gasteiger partial charge in [-0.05, 0) is 19.3 Å². The standard InChI is InChI=1S/C6H10ClFO3S/c7-12(10,11)6(1-2-6)3-5(9)4-8/h5,9H,1-4H2. The molecule has 0 saturated heterocycles. The van der Waals surface area contributed by atoms with Gasteiger partial charge < -0.3 is 5.11 Å². The van der Waals surface area contributed by atoms with Crippen LogP contribution in [-0.4, -0.2) is 31.0 Å². The van der Waals surface area contributed by atoms with Crippen LogP contribution in [0.1, 0.15) is 19.3 Å². The summed E-state index contributed by atoms with van der Waals surface area (Å²) >= 11 is 0. The van der Waals surface area contributed by atoms with Gasteiger partial charge in [0, 0.05) is 10.7 Å². The Bertz CT molecular complexity index is 260. The summed E-state index contributed by atoms with van der Waals surface area (Å²) in [6.07, 6.45) is -0.442. The lowest BCUT2D eigenvalue weighted by atomic mass is 10.2. The van der Waals surface area contributed by atoms with Gasteiger partial charge in [0.2, 0.25) is 9.05 Å². The van der Waals surface area contributed by atoms with E-state index < -0.39 is 26.6 Å². The normalized spacial score (nSPS) is 23.6. The van der Waals surface area contributed by atoms with E-state index in [1.807, 2.05) is 0 Å². The van der Waals surface area contributed by atoms with Crippen LogP contribution < -0.4 is 0 Å². The molecule has 0 radical (unpaired) electrons. The lowest BCUT2D eigenvalue weighted by molar-refractivity contribution is 0.128. The topological polar surface area (TPSA) is 54.4 Å². The molecule has 0 aromatic heterocycles. The van der Waals surface area contributed by atoms with E-state index in [1.165, 1.54) is 0 Å². The molecule has 0 aromatic rings. The molecule has 1 N–H and O–H groups in total. The van der Waals surface area contributed by atoms with Gasteiger partial charge in [-0.3, -0.25) is 0 Å². The molecular weight excluding hydrogens is 207 g/mol. The molecule has 1 fully saturated rings. The molecule has 6 heteroatoms. The van der Waals surface area contributed by atoms with Crippen molar-refractivity contribution < 1.29 is 17.9 Å². The Hall–Kier alpha value is 0.130. The van der Waals surface area contributed by atoms with Crippen molar-refractivity contribution in [2.45, 2.75) is 30.1 Å². The summed E-state index contributed by atoms with van der Waals surface area (Å²) in [6, 6.07) is 0. The van der Waals surface area contributed by atoms with E-state index >= 15 is 0 Å². The molecule has 72 valence electrons. The summed E-state index contributed by atoms with van der Waals surface area (Å²) in [6.45, 7) is -0.922. The summed E-state index contributed by atoms with van der Waals surface area (Å²) in [7, 11) is 1.48. The van der Waals surface area contributed by atoms with Crippen molar-refractivity contribution in [3.63, 3.8) is 0 Å². The summed E-state index contributed by atoms with van der Waals surface area (Å²) in [5.74, 6) is 0. The third-order valence-electron chi connectivity index (χ3n) is 2.11. The van der Waals surface area contributed by atoms with E-state index in [-0.39, 0.29) is 6.42 Å². The lowest BCUT2D eigenvalue weighted by Crippen LogP contribution is -2.25. The second kappa shape index (κ2) is 3.12. The van der Waals surface area contributed by atoms with E-state index in [4.69, 9.17) is 15.8 Å². The molecule has 1 saturated carbocycles. The summed E-state index contributed by atoms with van der Waals surface area (Å²) in [4.78, 5) is 0. The molecular formula is C6H10ClFO3S. The lowest BCUT2D eigenvalue weighted by Gasteiger charge is -2.13. The number of hydrogen-bond donors (Lipinski definition) is 1. The predicted octanol–water partition coefficient (Wildman–Crippen LogP) is 0.808. The van der Waals surface area contributed by atoms with E-state index in [9.17, 15) is 12.8 Å². The summed E-state index contributed by atoms with van der Waals surface area (Å²) in [5.41, 5.74) is 0. The Morgan fingerprint density at radius 2 is 2.08 bits per heavy atom. The minimum absolute atomic E-state index is 0.0880. The molecule has 1 atom stereocenters. The Morgan fingerprint density at radius 1 is 1.58 bits per heavy atom. The van der Waals surface area contributed by atoms with E-state index in [2.05, 4.69) is 0 Å². The fourth-order valence-electron chi connectivity index (χ4n) is 1.17. The van der Waals surface area contributed by atoms with Gasteiger partial charge in [0.1, 0.15) is 6.67 Å². The van der Waals surface area contributed by atoms with E-state index in [0.29, 0.717) is 12.8 Å². The second-order valence-corrected chi connectivity index (χ2v) is 6.09. The number of halogens is 2. The van der Waals surface area contributed by atoms with Gasteiger partial charge in [-0.25, -0.2) is 12.8 Å². The van der Waals surface area contributed by atoms with Crippen LogP contribution in [0, 0.1) is 0 Å². The molecule has 1 aliphatic carbocycles. The highest BCUT2D eigenvalue weighted by Gasteiger charge is 2.54. The first-order valence-electron chi connectivity index (χ1n) is 3.59. The SMILES string of the molecule is O=S(=O)(Cl)C1(CC(O)CF)CC1. The minimum atomic E-state index is -3.65. The van der Waals surface area contributed by atoms with Crippen LogP contribution in [-0.2, 0) is 9.05 Å². The van der Waals surface area contributed by atoms with Gasteiger partial charge in [0.05, 0.1) is 10.9 Å². The Labute approximate surface area is 75.0 Å². The predicted molar refractivity (Wildman–Crippen MR) is 43.3 cm³/mol. The fraction of sp³-hybridized carbons (Fsp3) is 1.00. The molecule has 1 rings (SSSR count). The van der Waals surface area contributed by atoms with Crippen LogP contribution in [0.2, 0.25) is 0 Å². The van der Waals surface area contributed by atoms with Crippen LogP contribution in [0.15, 0.2) is 0 Å². The molecule has 1 unspecified atom stereocenters. The number of aliphatic hydroxyl groups is 1. The smallest absolute Gasteiger partial charge is 0.238 e. The molecule has 1 aliphatic rings. The monoisotopic (exact) mass is 216 g/mol. The largest absolute Gasteiger partial charge is 0.390 e. The third kappa shape index (κ3) is 1.89. The van der Waals surface area contributed by atoms with Crippen LogP contribution in [0.4, 0.5) is 4.39 Å². The number of rotatable bonds is 4. The Balaban J connectivity index is 2.63. The first kappa shape index (κ1) is 10.2. The molecule has 12 heavy (non-hydrogen) atoms. The van der Waals surface area contributed by atoms with Crippen molar-refractivity contribution in [3.8, 4) is 0 Å². The van der Waals surface area contributed by atoms with Crippen LogP contribution >= 0.6 is 10.7 Å². The molecule has 0 amide bonds. The highest BCUT2D eigenvalue weighted by atomic mass is 35.7. The van der Waals surface area contributed by atoms with Crippen molar-refractivity contribution in [3.05, 3.63) is 0 Å². The van der Waals surface area contributed by atoms with E-state index in [1.54, 1.807) is 0 Å². The maximum absolute atomic E-state index is 11.8. The van der Waals surface area contributed by atoms with Crippen molar-refractivity contribution in [2.75, 3.05) is 6.67 Å². The Kier molecular flexibility index (Phi) is 2.66. The first-order valence-corrected chi connectivity index (χ1v) is 5.90. The third-order valence-corrected chi connectivity index (χ3v) is 4.70. The van der Waals surface area contributed by atoms with Crippen LogP contribution in [0.25, 0.3) is 0 Å².